The zero-order valence-electron chi connectivity index (χ0n) is 10.7. The van der Waals surface area contributed by atoms with E-state index in [1.165, 1.54) is 11.1 Å². The molecule has 2 aromatic rings. The number of aromatic amines is 1. The smallest absolute Gasteiger partial charge is 0.223 e. The number of amides is 1. The van der Waals surface area contributed by atoms with Crippen molar-refractivity contribution in [3.8, 4) is 0 Å². The highest BCUT2D eigenvalue weighted by molar-refractivity contribution is 5.79. The van der Waals surface area contributed by atoms with Crippen LogP contribution in [0.2, 0.25) is 0 Å². The second-order valence-corrected chi connectivity index (χ2v) is 5.01. The molecule has 0 spiro atoms. The van der Waals surface area contributed by atoms with Gasteiger partial charge in [-0.05, 0) is 36.5 Å². The van der Waals surface area contributed by atoms with Crippen molar-refractivity contribution in [3.63, 3.8) is 0 Å². The number of carbonyl (C=O) groups excluding carboxylic acids is 1. The van der Waals surface area contributed by atoms with E-state index >= 15 is 0 Å². The average molecular weight is 255 g/mol. The number of benzene rings is 1. The Bertz CT molecular complexity index is 563. The first-order chi connectivity index (χ1) is 9.33. The summed E-state index contributed by atoms with van der Waals surface area (Å²) in [6, 6.07) is 10.3. The normalized spacial score (nSPS) is 17.8. The van der Waals surface area contributed by atoms with Crippen molar-refractivity contribution in [2.75, 3.05) is 0 Å². The van der Waals surface area contributed by atoms with Crippen LogP contribution in [-0.4, -0.2) is 16.1 Å². The maximum absolute atomic E-state index is 12.2. The number of H-pyrrole nitrogens is 1. The van der Waals surface area contributed by atoms with Gasteiger partial charge in [-0.3, -0.25) is 9.89 Å². The van der Waals surface area contributed by atoms with E-state index in [1.807, 2.05) is 12.1 Å². The van der Waals surface area contributed by atoms with E-state index in [-0.39, 0.29) is 11.8 Å². The minimum Gasteiger partial charge on any atom is -0.350 e. The average Bonchev–Trinajstić information content (AvgIpc) is 2.97. The third kappa shape index (κ3) is 2.67. The van der Waals surface area contributed by atoms with Gasteiger partial charge in [-0.1, -0.05) is 24.3 Å². The molecule has 0 radical (unpaired) electrons. The molecule has 1 atom stereocenters. The number of nitrogens with zero attached hydrogens (tertiary/aromatic N) is 1. The maximum atomic E-state index is 12.2. The van der Waals surface area contributed by atoms with Gasteiger partial charge in [0.2, 0.25) is 5.91 Å². The van der Waals surface area contributed by atoms with E-state index in [0.29, 0.717) is 6.54 Å². The largest absolute Gasteiger partial charge is 0.350 e. The molecule has 0 saturated carbocycles. The minimum absolute atomic E-state index is 0.0952. The Balaban J connectivity index is 1.60. The molecule has 1 amide bonds. The van der Waals surface area contributed by atoms with Crippen LogP contribution < -0.4 is 5.32 Å². The summed E-state index contributed by atoms with van der Waals surface area (Å²) in [5, 5.41) is 9.69. The fourth-order valence-corrected chi connectivity index (χ4v) is 2.63. The van der Waals surface area contributed by atoms with E-state index < -0.39 is 0 Å². The molecule has 98 valence electrons. The summed E-state index contributed by atoms with van der Waals surface area (Å²) in [7, 11) is 0. The predicted octanol–water partition coefficient (Wildman–Crippen LogP) is 1.83. The number of fused-ring (bicyclic) bond motifs is 1. The van der Waals surface area contributed by atoms with E-state index in [9.17, 15) is 4.79 Å². The molecule has 0 bridgehead atoms. The topological polar surface area (TPSA) is 57.8 Å². The molecule has 0 fully saturated rings. The van der Waals surface area contributed by atoms with Gasteiger partial charge in [0.05, 0.1) is 12.2 Å². The Kier molecular flexibility index (Phi) is 3.31. The summed E-state index contributed by atoms with van der Waals surface area (Å²) in [6.07, 6.45) is 4.48. The second-order valence-electron chi connectivity index (χ2n) is 5.01. The highest BCUT2D eigenvalue weighted by atomic mass is 16.1. The van der Waals surface area contributed by atoms with Crippen molar-refractivity contribution in [2.24, 2.45) is 5.92 Å². The van der Waals surface area contributed by atoms with Crippen LogP contribution >= 0.6 is 0 Å². The number of hydrogen-bond acceptors (Lipinski definition) is 2. The standard InChI is InChI=1S/C15H17N3O/c19-15(16-10-14-7-8-17-18-14)13-6-5-11-3-1-2-4-12(11)9-13/h1-4,7-8,13H,5-6,9-10H2,(H,16,19)(H,17,18). The van der Waals surface area contributed by atoms with Crippen molar-refractivity contribution >= 4 is 5.91 Å². The Morgan fingerprint density at radius 1 is 1.32 bits per heavy atom. The molecule has 1 aliphatic rings. The van der Waals surface area contributed by atoms with Crippen molar-refractivity contribution in [2.45, 2.75) is 25.8 Å². The third-order valence-corrected chi connectivity index (χ3v) is 3.73. The molecule has 1 unspecified atom stereocenters. The SMILES string of the molecule is O=C(NCc1ccn[nH]1)C1CCc2ccccc2C1. The van der Waals surface area contributed by atoms with Gasteiger partial charge in [0.25, 0.3) is 0 Å². The van der Waals surface area contributed by atoms with Gasteiger partial charge >= 0.3 is 0 Å². The highest BCUT2D eigenvalue weighted by Crippen LogP contribution is 2.25. The molecule has 1 aromatic heterocycles. The van der Waals surface area contributed by atoms with Crippen molar-refractivity contribution in [1.82, 2.24) is 15.5 Å². The van der Waals surface area contributed by atoms with Gasteiger partial charge in [0.15, 0.2) is 0 Å². The first kappa shape index (κ1) is 12.0. The number of hydrogen-bond donors (Lipinski definition) is 2. The number of rotatable bonds is 3. The van der Waals surface area contributed by atoms with Crippen LogP contribution in [0.4, 0.5) is 0 Å². The quantitative estimate of drug-likeness (QED) is 0.879. The lowest BCUT2D eigenvalue weighted by molar-refractivity contribution is -0.125. The molecule has 4 nitrogen and oxygen atoms in total. The van der Waals surface area contributed by atoms with Crippen LogP contribution in [0.25, 0.3) is 0 Å². The van der Waals surface area contributed by atoms with Crippen LogP contribution in [0.3, 0.4) is 0 Å². The molecular formula is C15H17N3O. The van der Waals surface area contributed by atoms with E-state index in [0.717, 1.165) is 25.0 Å². The summed E-state index contributed by atoms with van der Waals surface area (Å²) in [4.78, 5) is 12.2. The Labute approximate surface area is 112 Å². The number of aryl methyl sites for hydroxylation is 1. The Hall–Kier alpha value is -2.10. The summed E-state index contributed by atoms with van der Waals surface area (Å²) in [5.41, 5.74) is 3.64. The summed E-state index contributed by atoms with van der Waals surface area (Å²) in [5.74, 6) is 0.238. The predicted molar refractivity (Wildman–Crippen MR) is 72.4 cm³/mol. The molecule has 0 saturated heterocycles. The van der Waals surface area contributed by atoms with Gasteiger partial charge < -0.3 is 5.32 Å². The van der Waals surface area contributed by atoms with Crippen LogP contribution in [0.1, 0.15) is 23.2 Å². The monoisotopic (exact) mass is 255 g/mol. The zero-order chi connectivity index (χ0) is 13.1. The van der Waals surface area contributed by atoms with E-state index in [1.54, 1.807) is 6.20 Å². The van der Waals surface area contributed by atoms with Gasteiger partial charge in [-0.25, -0.2) is 0 Å². The van der Waals surface area contributed by atoms with Gasteiger partial charge in [0, 0.05) is 12.1 Å². The fraction of sp³-hybridized carbons (Fsp3) is 0.333. The van der Waals surface area contributed by atoms with Crippen molar-refractivity contribution in [3.05, 3.63) is 53.3 Å². The molecular weight excluding hydrogens is 238 g/mol. The molecule has 1 aromatic carbocycles. The first-order valence-corrected chi connectivity index (χ1v) is 6.65. The summed E-state index contributed by atoms with van der Waals surface area (Å²) in [6.45, 7) is 0.525. The number of nitrogens with one attached hydrogen (secondary N) is 2. The summed E-state index contributed by atoms with van der Waals surface area (Å²) < 4.78 is 0. The Morgan fingerprint density at radius 2 is 2.16 bits per heavy atom. The lowest BCUT2D eigenvalue weighted by atomic mass is 9.83. The van der Waals surface area contributed by atoms with Crippen LogP contribution in [-0.2, 0) is 24.2 Å². The van der Waals surface area contributed by atoms with Crippen LogP contribution in [0.5, 0.6) is 0 Å². The minimum atomic E-state index is 0.0952. The molecule has 1 heterocycles. The fourth-order valence-electron chi connectivity index (χ4n) is 2.63. The molecule has 1 aliphatic carbocycles. The van der Waals surface area contributed by atoms with Crippen molar-refractivity contribution < 1.29 is 4.79 Å². The molecule has 3 rings (SSSR count). The van der Waals surface area contributed by atoms with Crippen LogP contribution in [0.15, 0.2) is 36.5 Å². The summed E-state index contributed by atoms with van der Waals surface area (Å²) >= 11 is 0. The molecule has 19 heavy (non-hydrogen) atoms. The van der Waals surface area contributed by atoms with E-state index in [2.05, 4.69) is 33.7 Å². The zero-order valence-corrected chi connectivity index (χ0v) is 10.7. The molecule has 4 heteroatoms. The maximum Gasteiger partial charge on any atom is 0.223 e. The number of aromatic nitrogens is 2. The second kappa shape index (κ2) is 5.26. The van der Waals surface area contributed by atoms with Crippen molar-refractivity contribution in [1.29, 1.82) is 0 Å². The van der Waals surface area contributed by atoms with E-state index in [4.69, 9.17) is 0 Å². The lowest BCUT2D eigenvalue weighted by Crippen LogP contribution is -2.33. The molecule has 2 N–H and O–H groups in total. The highest BCUT2D eigenvalue weighted by Gasteiger charge is 2.24. The Morgan fingerprint density at radius 3 is 2.95 bits per heavy atom. The molecule has 0 aliphatic heterocycles. The van der Waals surface area contributed by atoms with Crippen LogP contribution in [0, 0.1) is 5.92 Å². The number of carbonyl (C=O) groups is 1. The first-order valence-electron chi connectivity index (χ1n) is 6.65. The van der Waals surface area contributed by atoms with Gasteiger partial charge in [-0.15, -0.1) is 0 Å². The van der Waals surface area contributed by atoms with Gasteiger partial charge in [-0.2, -0.15) is 5.10 Å². The lowest BCUT2D eigenvalue weighted by Gasteiger charge is -2.23. The van der Waals surface area contributed by atoms with Gasteiger partial charge in [0.1, 0.15) is 0 Å². The third-order valence-electron chi connectivity index (χ3n) is 3.73.